The van der Waals surface area contributed by atoms with E-state index in [0.717, 1.165) is 17.2 Å². The summed E-state index contributed by atoms with van der Waals surface area (Å²) in [5, 5.41) is 5.56. The van der Waals surface area contributed by atoms with E-state index in [9.17, 15) is 21.8 Å². The fourth-order valence-corrected chi connectivity index (χ4v) is 3.81. The number of aromatic amines is 1. The zero-order valence-electron chi connectivity index (χ0n) is 15.8. The number of benzene rings is 3. The van der Waals surface area contributed by atoms with Crippen LogP contribution in [-0.2, 0) is 17.2 Å². The van der Waals surface area contributed by atoms with Crippen LogP contribution in [0.2, 0.25) is 0 Å². The summed E-state index contributed by atoms with van der Waals surface area (Å²) in [7, 11) is -1.64. The molecule has 1 aromatic heterocycles. The fraction of sp³-hybridized carbons (Fsp3) is 0.0455. The number of hydrogen-bond donors (Lipinski definition) is 2. The Morgan fingerprint density at radius 1 is 1.00 bits per heavy atom. The number of rotatable bonds is 4. The summed E-state index contributed by atoms with van der Waals surface area (Å²) in [5.74, 6) is -0.886. The van der Waals surface area contributed by atoms with Crippen LogP contribution in [0.3, 0.4) is 0 Å². The first-order chi connectivity index (χ1) is 14.7. The van der Waals surface area contributed by atoms with Crippen molar-refractivity contribution >= 4 is 34.2 Å². The summed E-state index contributed by atoms with van der Waals surface area (Å²) < 4.78 is 63.6. The maximum absolute atomic E-state index is 13.7. The lowest BCUT2D eigenvalue weighted by atomic mass is 10.1. The Morgan fingerprint density at radius 2 is 1.77 bits per heavy atom. The highest BCUT2D eigenvalue weighted by Crippen LogP contribution is 2.32. The molecule has 9 heteroatoms. The molecule has 0 saturated carbocycles. The lowest BCUT2D eigenvalue weighted by Gasteiger charge is -2.07. The Balaban J connectivity index is 1.64. The number of halogens is 4. The van der Waals surface area contributed by atoms with Gasteiger partial charge in [0.1, 0.15) is 22.6 Å². The van der Waals surface area contributed by atoms with Crippen molar-refractivity contribution in [2.75, 3.05) is 0 Å². The summed E-state index contributed by atoms with van der Waals surface area (Å²) in [5.41, 5.74) is 1.86. The van der Waals surface area contributed by atoms with E-state index >= 15 is 0 Å². The lowest BCUT2D eigenvalue weighted by Crippen LogP contribution is -2.07. The van der Waals surface area contributed by atoms with Crippen LogP contribution >= 0.6 is 0 Å². The highest BCUT2D eigenvalue weighted by molar-refractivity contribution is 7.82. The molecule has 0 aliphatic rings. The minimum Gasteiger partial charge on any atom is -0.338 e. The van der Waals surface area contributed by atoms with Gasteiger partial charge in [-0.25, -0.2) is 18.7 Å². The molecule has 0 spiro atoms. The first-order valence-electron chi connectivity index (χ1n) is 9.02. The minimum atomic E-state index is -4.74. The van der Waals surface area contributed by atoms with Crippen molar-refractivity contribution in [3.8, 4) is 11.1 Å². The number of imidazole rings is 1. The van der Waals surface area contributed by atoms with Crippen molar-refractivity contribution in [3.05, 3.63) is 83.4 Å². The van der Waals surface area contributed by atoms with Crippen LogP contribution in [0.15, 0.2) is 65.6 Å². The standard InChI is InChI=1S/C22H15F4N3OS/c23-17-11-13(5-8-16(17)22(24,25)26)6-10-21-28-18-9-7-14(12-19(18)29-21)15-3-1-2-4-20(15)31(27)30/h1-12H,27H2,(H,28,29)/b10-6+. The van der Waals surface area contributed by atoms with Crippen molar-refractivity contribution in [2.24, 2.45) is 5.14 Å². The van der Waals surface area contributed by atoms with Crippen LogP contribution in [0.1, 0.15) is 17.0 Å². The Labute approximate surface area is 177 Å². The number of hydrogen-bond acceptors (Lipinski definition) is 2. The van der Waals surface area contributed by atoms with E-state index in [-0.39, 0.29) is 5.56 Å². The average molecular weight is 445 g/mol. The van der Waals surface area contributed by atoms with Gasteiger partial charge in [0.25, 0.3) is 0 Å². The van der Waals surface area contributed by atoms with Gasteiger partial charge in [0, 0.05) is 0 Å². The van der Waals surface area contributed by atoms with Gasteiger partial charge in [0.05, 0.1) is 21.5 Å². The first-order valence-corrected chi connectivity index (χ1v) is 10.2. The third-order valence-corrected chi connectivity index (χ3v) is 5.44. The molecule has 0 bridgehead atoms. The Morgan fingerprint density at radius 3 is 2.48 bits per heavy atom. The Bertz CT molecular complexity index is 1330. The quantitative estimate of drug-likeness (QED) is 0.405. The van der Waals surface area contributed by atoms with Crippen molar-refractivity contribution in [1.82, 2.24) is 9.97 Å². The van der Waals surface area contributed by atoms with Crippen LogP contribution in [0, 0.1) is 5.82 Å². The topological polar surface area (TPSA) is 71.8 Å². The number of alkyl halides is 3. The third kappa shape index (κ3) is 4.42. The first kappa shape index (κ1) is 21.0. The van der Waals surface area contributed by atoms with Crippen LogP contribution in [0.5, 0.6) is 0 Å². The van der Waals surface area contributed by atoms with E-state index < -0.39 is 28.5 Å². The molecular formula is C22H15F4N3OS. The van der Waals surface area contributed by atoms with Gasteiger partial charge in [0.15, 0.2) is 0 Å². The molecule has 3 N–H and O–H groups in total. The second kappa shape index (κ2) is 8.09. The largest absolute Gasteiger partial charge is 0.419 e. The molecular weight excluding hydrogens is 430 g/mol. The summed E-state index contributed by atoms with van der Waals surface area (Å²) in [4.78, 5) is 8.00. The van der Waals surface area contributed by atoms with Gasteiger partial charge in [-0.1, -0.05) is 36.4 Å². The predicted octanol–water partition coefficient (Wildman–Crippen LogP) is 5.54. The number of aromatic nitrogens is 2. The molecule has 0 fully saturated rings. The average Bonchev–Trinajstić information content (AvgIpc) is 3.13. The normalized spacial score (nSPS) is 13.2. The monoisotopic (exact) mass is 445 g/mol. The smallest absolute Gasteiger partial charge is 0.338 e. The summed E-state index contributed by atoms with van der Waals surface area (Å²) >= 11 is 0. The van der Waals surface area contributed by atoms with Crippen molar-refractivity contribution in [3.63, 3.8) is 0 Å². The maximum Gasteiger partial charge on any atom is 0.419 e. The van der Waals surface area contributed by atoms with Crippen LogP contribution in [0.4, 0.5) is 17.6 Å². The fourth-order valence-electron chi connectivity index (χ4n) is 3.20. The highest BCUT2D eigenvalue weighted by atomic mass is 32.2. The van der Waals surface area contributed by atoms with E-state index in [2.05, 4.69) is 9.97 Å². The zero-order valence-corrected chi connectivity index (χ0v) is 16.6. The van der Waals surface area contributed by atoms with E-state index in [1.54, 1.807) is 24.3 Å². The molecule has 0 aliphatic heterocycles. The summed E-state index contributed by atoms with van der Waals surface area (Å²) in [6.45, 7) is 0. The molecule has 4 aromatic rings. The van der Waals surface area contributed by atoms with Gasteiger partial charge >= 0.3 is 6.18 Å². The van der Waals surface area contributed by atoms with Crippen molar-refractivity contribution in [2.45, 2.75) is 11.1 Å². The summed E-state index contributed by atoms with van der Waals surface area (Å²) in [6, 6.07) is 15.3. The maximum atomic E-state index is 13.7. The van der Waals surface area contributed by atoms with E-state index in [1.165, 1.54) is 12.1 Å². The third-order valence-electron chi connectivity index (χ3n) is 4.65. The number of H-pyrrole nitrogens is 1. The molecule has 1 heterocycles. The van der Waals surface area contributed by atoms with E-state index in [0.29, 0.717) is 27.8 Å². The van der Waals surface area contributed by atoms with Gasteiger partial charge < -0.3 is 4.98 Å². The minimum absolute atomic E-state index is 0.269. The van der Waals surface area contributed by atoms with Crippen molar-refractivity contribution in [1.29, 1.82) is 0 Å². The van der Waals surface area contributed by atoms with Crippen LogP contribution < -0.4 is 5.14 Å². The number of nitrogens with two attached hydrogens (primary N) is 1. The Hall–Kier alpha value is -3.30. The highest BCUT2D eigenvalue weighted by Gasteiger charge is 2.33. The molecule has 1 unspecified atom stereocenters. The molecule has 0 radical (unpaired) electrons. The molecule has 31 heavy (non-hydrogen) atoms. The molecule has 0 saturated heterocycles. The number of fused-ring (bicyclic) bond motifs is 1. The van der Waals surface area contributed by atoms with Crippen LogP contribution in [-0.4, -0.2) is 14.2 Å². The zero-order chi connectivity index (χ0) is 22.2. The molecule has 3 aromatic carbocycles. The molecule has 4 rings (SSSR count). The molecule has 158 valence electrons. The summed E-state index contributed by atoms with van der Waals surface area (Å²) in [6.07, 6.45) is -1.72. The number of nitrogens with zero attached hydrogens (tertiary/aromatic N) is 1. The molecule has 1 atom stereocenters. The predicted molar refractivity (Wildman–Crippen MR) is 112 cm³/mol. The van der Waals surface area contributed by atoms with E-state index in [4.69, 9.17) is 5.14 Å². The van der Waals surface area contributed by atoms with Crippen LogP contribution in [0.25, 0.3) is 34.3 Å². The van der Waals surface area contributed by atoms with E-state index in [1.807, 2.05) is 24.3 Å². The molecule has 4 nitrogen and oxygen atoms in total. The van der Waals surface area contributed by atoms with Gasteiger partial charge in [-0.3, -0.25) is 0 Å². The van der Waals surface area contributed by atoms with Gasteiger partial charge in [-0.2, -0.15) is 13.2 Å². The van der Waals surface area contributed by atoms with Gasteiger partial charge in [-0.05, 0) is 53.1 Å². The van der Waals surface area contributed by atoms with Crippen molar-refractivity contribution < 1.29 is 21.8 Å². The van der Waals surface area contributed by atoms with Gasteiger partial charge in [-0.15, -0.1) is 0 Å². The second-order valence-corrected chi connectivity index (χ2v) is 7.75. The SMILES string of the molecule is NS(=O)c1ccccc1-c1ccc2nc(/C=C/c3ccc(C(F)(F)F)c(F)c3)[nH]c2c1. The molecule has 0 amide bonds. The molecule has 0 aliphatic carbocycles. The van der Waals surface area contributed by atoms with Gasteiger partial charge in [0.2, 0.25) is 0 Å². The number of nitrogens with one attached hydrogen (secondary N) is 1. The Kier molecular flexibility index (Phi) is 5.47. The lowest BCUT2D eigenvalue weighted by molar-refractivity contribution is -0.140. The second-order valence-electron chi connectivity index (χ2n) is 6.72.